The van der Waals surface area contributed by atoms with Crippen molar-refractivity contribution in [3.63, 3.8) is 0 Å². The van der Waals surface area contributed by atoms with E-state index < -0.39 is 5.54 Å². The van der Waals surface area contributed by atoms with Crippen LogP contribution in [0.2, 0.25) is 0 Å². The molecule has 0 aromatic heterocycles. The summed E-state index contributed by atoms with van der Waals surface area (Å²) in [6, 6.07) is 6.44. The van der Waals surface area contributed by atoms with Crippen LogP contribution in [0.15, 0.2) is 18.2 Å². The van der Waals surface area contributed by atoms with Gasteiger partial charge in [-0.25, -0.2) is 0 Å². The fourth-order valence-corrected chi connectivity index (χ4v) is 3.16. The molecule has 1 fully saturated rings. The van der Waals surface area contributed by atoms with Crippen LogP contribution in [0.25, 0.3) is 0 Å². The molecule has 0 amide bonds. The second-order valence-electron chi connectivity index (χ2n) is 5.79. The van der Waals surface area contributed by atoms with Gasteiger partial charge in [0, 0.05) is 12.0 Å². The lowest BCUT2D eigenvalue weighted by Gasteiger charge is -2.21. The molecule has 18 heavy (non-hydrogen) atoms. The van der Waals surface area contributed by atoms with Crippen molar-refractivity contribution in [3.05, 3.63) is 29.3 Å². The van der Waals surface area contributed by atoms with Crippen molar-refractivity contribution in [1.29, 1.82) is 0 Å². The first-order valence-electron chi connectivity index (χ1n) is 6.87. The first-order chi connectivity index (χ1) is 8.68. The van der Waals surface area contributed by atoms with E-state index in [1.165, 1.54) is 30.4 Å². The van der Waals surface area contributed by atoms with Crippen LogP contribution in [0.5, 0.6) is 5.75 Å². The molecule has 0 radical (unpaired) electrons. The molecule has 2 aliphatic carbocycles. The van der Waals surface area contributed by atoms with E-state index in [4.69, 9.17) is 10.5 Å². The zero-order chi connectivity index (χ0) is 12.6. The number of aryl methyl sites for hydroxylation is 2. The van der Waals surface area contributed by atoms with Gasteiger partial charge in [-0.2, -0.15) is 0 Å². The van der Waals surface area contributed by atoms with Gasteiger partial charge in [-0.3, -0.25) is 0 Å². The summed E-state index contributed by atoms with van der Waals surface area (Å²) in [4.78, 5) is 0. The molecule has 0 bridgehead atoms. The van der Waals surface area contributed by atoms with Gasteiger partial charge in [-0.1, -0.05) is 6.07 Å². The van der Waals surface area contributed by atoms with Crippen molar-refractivity contribution in [2.75, 3.05) is 6.61 Å². The summed E-state index contributed by atoms with van der Waals surface area (Å²) in [5.41, 5.74) is 8.54. The summed E-state index contributed by atoms with van der Waals surface area (Å²) < 4.78 is 6.01. The highest BCUT2D eigenvalue weighted by atomic mass is 16.5. The van der Waals surface area contributed by atoms with Crippen molar-refractivity contribution in [1.82, 2.24) is 0 Å². The van der Waals surface area contributed by atoms with Gasteiger partial charge in [0.25, 0.3) is 0 Å². The van der Waals surface area contributed by atoms with E-state index in [0.29, 0.717) is 0 Å². The summed E-state index contributed by atoms with van der Waals surface area (Å²) in [6.45, 7) is 0.0526. The molecule has 2 aliphatic rings. The minimum atomic E-state index is -0.429. The summed E-state index contributed by atoms with van der Waals surface area (Å²) >= 11 is 0. The molecule has 3 nitrogen and oxygen atoms in total. The Morgan fingerprint density at radius 1 is 1.33 bits per heavy atom. The fraction of sp³-hybridized carbons (Fsp3) is 0.600. The SMILES string of the molecule is NC1(CO)CCC(Oc2ccc3c(c2)CCC3)C1. The molecule has 3 heteroatoms. The van der Waals surface area contributed by atoms with Crippen LogP contribution in [0.4, 0.5) is 0 Å². The third kappa shape index (κ3) is 2.25. The Morgan fingerprint density at radius 2 is 2.17 bits per heavy atom. The lowest BCUT2D eigenvalue weighted by atomic mass is 10.0. The normalized spacial score (nSPS) is 30.4. The standard InChI is InChI=1S/C15H21NO2/c16-15(10-17)7-6-14(9-15)18-13-5-4-11-2-1-3-12(11)8-13/h4-5,8,14,17H,1-3,6-7,9-10,16H2. The third-order valence-corrected chi connectivity index (χ3v) is 4.29. The van der Waals surface area contributed by atoms with E-state index in [1.54, 1.807) is 0 Å². The maximum Gasteiger partial charge on any atom is 0.120 e. The van der Waals surface area contributed by atoms with Gasteiger partial charge < -0.3 is 15.6 Å². The Bertz CT molecular complexity index is 446. The highest BCUT2D eigenvalue weighted by Gasteiger charge is 2.36. The van der Waals surface area contributed by atoms with E-state index in [-0.39, 0.29) is 12.7 Å². The van der Waals surface area contributed by atoms with E-state index in [2.05, 4.69) is 18.2 Å². The quantitative estimate of drug-likeness (QED) is 0.856. The number of hydrogen-bond acceptors (Lipinski definition) is 3. The number of aliphatic hydroxyl groups excluding tert-OH is 1. The second-order valence-corrected chi connectivity index (χ2v) is 5.79. The summed E-state index contributed by atoms with van der Waals surface area (Å²) in [5, 5.41) is 9.26. The van der Waals surface area contributed by atoms with E-state index in [9.17, 15) is 5.11 Å². The topological polar surface area (TPSA) is 55.5 Å². The predicted molar refractivity (Wildman–Crippen MR) is 70.7 cm³/mol. The van der Waals surface area contributed by atoms with Crippen LogP contribution in [-0.2, 0) is 12.8 Å². The van der Waals surface area contributed by atoms with Gasteiger partial charge in [0.05, 0.1) is 6.61 Å². The Hall–Kier alpha value is -1.06. The van der Waals surface area contributed by atoms with Gasteiger partial charge >= 0.3 is 0 Å². The number of benzene rings is 1. The number of rotatable bonds is 3. The molecule has 3 rings (SSSR count). The second kappa shape index (κ2) is 4.56. The predicted octanol–water partition coefficient (Wildman–Crippen LogP) is 1.80. The van der Waals surface area contributed by atoms with Crippen molar-refractivity contribution in [2.24, 2.45) is 5.73 Å². The lowest BCUT2D eigenvalue weighted by Crippen LogP contribution is -2.41. The Labute approximate surface area is 108 Å². The summed E-state index contributed by atoms with van der Waals surface area (Å²) in [5.74, 6) is 0.961. The average molecular weight is 247 g/mol. The molecule has 0 saturated heterocycles. The van der Waals surface area contributed by atoms with Crippen molar-refractivity contribution in [2.45, 2.75) is 50.2 Å². The Balaban J connectivity index is 1.67. The maximum absolute atomic E-state index is 9.26. The van der Waals surface area contributed by atoms with Gasteiger partial charge in [0.2, 0.25) is 0 Å². The van der Waals surface area contributed by atoms with E-state index >= 15 is 0 Å². The van der Waals surface area contributed by atoms with Gasteiger partial charge in [0.1, 0.15) is 11.9 Å². The molecular weight excluding hydrogens is 226 g/mol. The molecule has 2 atom stereocenters. The Morgan fingerprint density at radius 3 is 2.94 bits per heavy atom. The third-order valence-electron chi connectivity index (χ3n) is 4.29. The van der Waals surface area contributed by atoms with Crippen molar-refractivity contribution >= 4 is 0 Å². The highest BCUT2D eigenvalue weighted by Crippen LogP contribution is 2.32. The highest BCUT2D eigenvalue weighted by molar-refractivity contribution is 5.38. The van der Waals surface area contributed by atoms with Crippen LogP contribution in [0, 0.1) is 0 Å². The number of ether oxygens (including phenoxy) is 1. The van der Waals surface area contributed by atoms with Crippen LogP contribution in [0.3, 0.4) is 0 Å². The summed E-state index contributed by atoms with van der Waals surface area (Å²) in [6.07, 6.45) is 6.33. The van der Waals surface area contributed by atoms with Gasteiger partial charge in [0.15, 0.2) is 0 Å². The molecular formula is C15H21NO2. The molecule has 1 aromatic carbocycles. The molecule has 3 N–H and O–H groups in total. The van der Waals surface area contributed by atoms with Crippen molar-refractivity contribution < 1.29 is 9.84 Å². The zero-order valence-corrected chi connectivity index (χ0v) is 10.7. The Kier molecular flexibility index (Phi) is 3.04. The molecule has 2 unspecified atom stereocenters. The first-order valence-corrected chi connectivity index (χ1v) is 6.87. The largest absolute Gasteiger partial charge is 0.490 e. The monoisotopic (exact) mass is 247 g/mol. The molecule has 98 valence electrons. The number of fused-ring (bicyclic) bond motifs is 1. The van der Waals surface area contributed by atoms with Crippen molar-refractivity contribution in [3.8, 4) is 5.75 Å². The minimum Gasteiger partial charge on any atom is -0.490 e. The van der Waals surface area contributed by atoms with Crippen LogP contribution < -0.4 is 10.5 Å². The van der Waals surface area contributed by atoms with E-state index in [0.717, 1.165) is 25.0 Å². The molecule has 1 aromatic rings. The molecule has 0 aliphatic heterocycles. The van der Waals surface area contributed by atoms with Gasteiger partial charge in [-0.15, -0.1) is 0 Å². The average Bonchev–Trinajstić information content (AvgIpc) is 2.96. The first kappa shape index (κ1) is 12.0. The number of aliphatic hydroxyl groups is 1. The van der Waals surface area contributed by atoms with Crippen LogP contribution in [-0.4, -0.2) is 23.4 Å². The number of hydrogen-bond donors (Lipinski definition) is 2. The number of nitrogens with two attached hydrogens (primary N) is 1. The van der Waals surface area contributed by atoms with Crippen LogP contribution >= 0.6 is 0 Å². The van der Waals surface area contributed by atoms with Crippen LogP contribution in [0.1, 0.15) is 36.8 Å². The fourth-order valence-electron chi connectivity index (χ4n) is 3.16. The molecule has 0 spiro atoms. The molecule has 1 saturated carbocycles. The van der Waals surface area contributed by atoms with E-state index in [1.807, 2.05) is 0 Å². The smallest absolute Gasteiger partial charge is 0.120 e. The molecule has 0 heterocycles. The summed E-state index contributed by atoms with van der Waals surface area (Å²) in [7, 11) is 0. The minimum absolute atomic E-state index is 0.0526. The lowest BCUT2D eigenvalue weighted by molar-refractivity contribution is 0.165. The maximum atomic E-state index is 9.26. The zero-order valence-electron chi connectivity index (χ0n) is 10.7. The van der Waals surface area contributed by atoms with Gasteiger partial charge in [-0.05, 0) is 55.4 Å².